The number of benzene rings is 7. The highest BCUT2D eigenvalue weighted by molar-refractivity contribution is 6.00. The Balaban J connectivity index is 0.932. The molecule has 3 unspecified atom stereocenters. The van der Waals surface area contributed by atoms with Crippen LogP contribution in [0.3, 0.4) is 0 Å². The number of aromatic nitrogens is 3. The molecular formula is C51H36N4. The molecule has 0 amide bonds. The molecule has 0 spiro atoms. The molecule has 0 saturated heterocycles. The number of hydrogen-bond donors (Lipinski definition) is 0. The first-order valence-electron chi connectivity index (χ1n) is 19.1. The molecular weight excluding hydrogens is 669 g/mol. The van der Waals surface area contributed by atoms with Crippen LogP contribution in [0, 0.1) is 11.8 Å². The summed E-state index contributed by atoms with van der Waals surface area (Å²) in [5, 5.41) is 4.91. The molecule has 0 bridgehead atoms. The normalized spacial score (nSPS) is 18.2. The zero-order chi connectivity index (χ0) is 36.3. The van der Waals surface area contributed by atoms with E-state index in [1.54, 1.807) is 0 Å². The summed E-state index contributed by atoms with van der Waals surface area (Å²) in [6.45, 7) is 0. The van der Waals surface area contributed by atoms with Gasteiger partial charge in [-0.2, -0.15) is 0 Å². The van der Waals surface area contributed by atoms with Gasteiger partial charge < -0.3 is 4.90 Å². The Labute approximate surface area is 320 Å². The van der Waals surface area contributed by atoms with Crippen LogP contribution < -0.4 is 4.90 Å². The lowest BCUT2D eigenvalue weighted by Gasteiger charge is -2.36. The lowest BCUT2D eigenvalue weighted by Crippen LogP contribution is -2.33. The van der Waals surface area contributed by atoms with Gasteiger partial charge in [-0.25, -0.2) is 15.0 Å². The first-order valence-corrected chi connectivity index (χ1v) is 19.1. The monoisotopic (exact) mass is 704 g/mol. The molecule has 3 atom stereocenters. The summed E-state index contributed by atoms with van der Waals surface area (Å²) in [6.07, 6.45) is 12.8. The summed E-state index contributed by atoms with van der Waals surface area (Å²) < 4.78 is 0. The van der Waals surface area contributed by atoms with Crippen LogP contribution in [0.5, 0.6) is 0 Å². The average molecular weight is 705 g/mol. The van der Waals surface area contributed by atoms with Crippen LogP contribution in [-0.2, 0) is 0 Å². The van der Waals surface area contributed by atoms with E-state index in [9.17, 15) is 0 Å². The number of rotatable bonds is 5. The van der Waals surface area contributed by atoms with Gasteiger partial charge in [-0.05, 0) is 80.9 Å². The van der Waals surface area contributed by atoms with E-state index in [-0.39, 0.29) is 0 Å². The summed E-state index contributed by atoms with van der Waals surface area (Å²) in [5.41, 5.74) is 10.5. The maximum atomic E-state index is 5.02. The molecule has 260 valence electrons. The van der Waals surface area contributed by atoms with Crippen LogP contribution in [0.25, 0.3) is 72.4 Å². The van der Waals surface area contributed by atoms with Crippen molar-refractivity contribution in [3.8, 4) is 45.3 Å². The molecule has 8 aromatic rings. The number of allylic oxidation sites excluding steroid dienone is 5. The molecule has 2 aliphatic carbocycles. The molecule has 0 radical (unpaired) electrons. The Morgan fingerprint density at radius 2 is 1.00 bits per heavy atom. The number of anilines is 2. The molecule has 4 nitrogen and oxygen atoms in total. The van der Waals surface area contributed by atoms with Gasteiger partial charge in [0.15, 0.2) is 17.5 Å². The van der Waals surface area contributed by atoms with Crippen LogP contribution in [0.1, 0.15) is 12.0 Å². The van der Waals surface area contributed by atoms with Crippen LogP contribution in [-0.4, -0.2) is 21.0 Å². The summed E-state index contributed by atoms with van der Waals surface area (Å²) in [6, 6.07) is 56.4. The maximum Gasteiger partial charge on any atom is 0.164 e. The minimum Gasteiger partial charge on any atom is -0.333 e. The van der Waals surface area contributed by atoms with E-state index < -0.39 is 0 Å². The third-order valence-electron chi connectivity index (χ3n) is 11.6. The Morgan fingerprint density at radius 1 is 0.455 bits per heavy atom. The summed E-state index contributed by atoms with van der Waals surface area (Å²) in [4.78, 5) is 17.5. The first-order chi connectivity index (χ1) is 27.2. The molecule has 0 N–H and O–H groups in total. The molecule has 3 aliphatic rings. The maximum absolute atomic E-state index is 5.02. The van der Waals surface area contributed by atoms with Gasteiger partial charge >= 0.3 is 0 Å². The molecule has 4 heteroatoms. The van der Waals surface area contributed by atoms with E-state index in [1.165, 1.54) is 44.2 Å². The predicted molar refractivity (Wildman–Crippen MR) is 227 cm³/mol. The van der Waals surface area contributed by atoms with Gasteiger partial charge in [0.05, 0.1) is 6.04 Å². The van der Waals surface area contributed by atoms with Crippen LogP contribution in [0.15, 0.2) is 188 Å². The van der Waals surface area contributed by atoms with Crippen molar-refractivity contribution in [1.82, 2.24) is 15.0 Å². The van der Waals surface area contributed by atoms with E-state index >= 15 is 0 Å². The van der Waals surface area contributed by atoms with E-state index in [1.807, 2.05) is 30.3 Å². The second kappa shape index (κ2) is 12.9. The number of nitrogens with zero attached hydrogens (tertiary/aromatic N) is 4. The van der Waals surface area contributed by atoms with Crippen molar-refractivity contribution in [3.63, 3.8) is 0 Å². The average Bonchev–Trinajstić information content (AvgIpc) is 3.56. The smallest absolute Gasteiger partial charge is 0.164 e. The third-order valence-corrected chi connectivity index (χ3v) is 11.6. The van der Waals surface area contributed by atoms with Gasteiger partial charge in [-0.3, -0.25) is 0 Å². The highest BCUT2D eigenvalue weighted by Crippen LogP contribution is 2.52. The SMILES string of the molecule is C1=CC2C=C3c4cc5ccccc5cc4N(c4ccc(-c5ccc(-c6nc(-c7ccccc7)nc(-c7ccc8ccccc8c7)n6)cc5)cc4)C3CC2C=C1. The first kappa shape index (κ1) is 31.6. The summed E-state index contributed by atoms with van der Waals surface area (Å²) in [5.74, 6) is 2.94. The van der Waals surface area contributed by atoms with Crippen molar-refractivity contribution in [2.75, 3.05) is 4.90 Å². The fourth-order valence-electron chi connectivity index (χ4n) is 8.75. The lowest BCUT2D eigenvalue weighted by molar-refractivity contribution is 0.469. The van der Waals surface area contributed by atoms with E-state index in [0.29, 0.717) is 35.4 Å². The summed E-state index contributed by atoms with van der Waals surface area (Å²) >= 11 is 0. The van der Waals surface area contributed by atoms with Crippen LogP contribution in [0.2, 0.25) is 0 Å². The molecule has 55 heavy (non-hydrogen) atoms. The standard InChI is InChI=1S/C51H36N4/c1-2-11-36(12-3-1)49-52-50(54-51(53-49)43-23-20-33-10-4-5-13-38(33)28-43)37-21-18-34(19-22-37)35-24-26-44(27-25-35)55-47-31-41-16-8-6-14-39(41)29-45(47)46-30-40-15-7-9-17-42(40)32-48(46)55/h1-31,40,42,48H,32H2. The zero-order valence-corrected chi connectivity index (χ0v) is 30.1. The van der Waals surface area contributed by atoms with Crippen LogP contribution in [0.4, 0.5) is 11.4 Å². The van der Waals surface area contributed by atoms with Crippen molar-refractivity contribution in [2.45, 2.75) is 12.5 Å². The molecule has 0 saturated carbocycles. The van der Waals surface area contributed by atoms with Crippen LogP contribution >= 0.6 is 0 Å². The van der Waals surface area contributed by atoms with E-state index in [4.69, 9.17) is 15.0 Å². The largest absolute Gasteiger partial charge is 0.333 e. The molecule has 0 fully saturated rings. The Bertz CT molecular complexity index is 2850. The van der Waals surface area contributed by atoms with Crippen molar-refractivity contribution < 1.29 is 0 Å². The molecule has 2 heterocycles. The van der Waals surface area contributed by atoms with Crippen molar-refractivity contribution in [2.24, 2.45) is 11.8 Å². The molecule has 1 aromatic heterocycles. The third kappa shape index (κ3) is 5.57. The van der Waals surface area contributed by atoms with Gasteiger partial charge in [0.2, 0.25) is 0 Å². The Kier molecular flexibility index (Phi) is 7.41. The van der Waals surface area contributed by atoms with Gasteiger partial charge in [-0.15, -0.1) is 0 Å². The van der Waals surface area contributed by atoms with Gasteiger partial charge in [0.25, 0.3) is 0 Å². The van der Waals surface area contributed by atoms with E-state index in [0.717, 1.165) is 34.1 Å². The van der Waals surface area contributed by atoms with E-state index in [2.05, 4.69) is 163 Å². The number of hydrogen-bond acceptors (Lipinski definition) is 4. The molecule has 7 aromatic carbocycles. The second-order valence-electron chi connectivity index (χ2n) is 14.8. The quantitative estimate of drug-likeness (QED) is 0.179. The number of fused-ring (bicyclic) bond motifs is 6. The zero-order valence-electron chi connectivity index (χ0n) is 30.1. The molecule has 11 rings (SSSR count). The fourth-order valence-corrected chi connectivity index (χ4v) is 8.75. The fraction of sp³-hybridized carbons (Fsp3) is 0.0784. The lowest BCUT2D eigenvalue weighted by atomic mass is 9.75. The van der Waals surface area contributed by atoms with Crippen molar-refractivity contribution in [1.29, 1.82) is 0 Å². The van der Waals surface area contributed by atoms with Gasteiger partial charge in [0.1, 0.15) is 0 Å². The topological polar surface area (TPSA) is 41.9 Å². The Morgan fingerprint density at radius 3 is 1.73 bits per heavy atom. The van der Waals surface area contributed by atoms with Gasteiger partial charge in [0, 0.05) is 39.5 Å². The van der Waals surface area contributed by atoms with Crippen molar-refractivity contribution >= 4 is 38.5 Å². The molecule has 1 aliphatic heterocycles. The second-order valence-corrected chi connectivity index (χ2v) is 14.8. The predicted octanol–water partition coefficient (Wildman–Crippen LogP) is 12.5. The summed E-state index contributed by atoms with van der Waals surface area (Å²) in [7, 11) is 0. The highest BCUT2D eigenvalue weighted by atomic mass is 15.2. The highest BCUT2D eigenvalue weighted by Gasteiger charge is 2.40. The minimum absolute atomic E-state index is 0.301. The van der Waals surface area contributed by atoms with Gasteiger partial charge in [-0.1, -0.05) is 158 Å². The Hall–Kier alpha value is -6.91. The minimum atomic E-state index is 0.301. The van der Waals surface area contributed by atoms with Crippen molar-refractivity contribution in [3.05, 3.63) is 194 Å².